The van der Waals surface area contributed by atoms with Gasteiger partial charge in [0.25, 0.3) is 0 Å². The molecule has 0 amide bonds. The number of carbonyl (C=O) groups is 2. The maximum absolute atomic E-state index is 12.6. The number of carbonyl (C=O) groups excluding carboxylic acids is 2. The highest BCUT2D eigenvalue weighted by Gasteiger charge is 2.32. The Balaban J connectivity index is 1.87. The van der Waals surface area contributed by atoms with Crippen molar-refractivity contribution in [1.29, 1.82) is 0 Å². The van der Waals surface area contributed by atoms with Crippen molar-refractivity contribution in [3.63, 3.8) is 0 Å². The van der Waals surface area contributed by atoms with E-state index in [-0.39, 0.29) is 11.6 Å². The van der Waals surface area contributed by atoms with Crippen LogP contribution in [0.5, 0.6) is 5.75 Å². The van der Waals surface area contributed by atoms with E-state index in [0.29, 0.717) is 24.3 Å². The fourth-order valence-corrected chi connectivity index (χ4v) is 2.91. The van der Waals surface area contributed by atoms with Crippen LogP contribution in [0.2, 0.25) is 0 Å². The Bertz CT molecular complexity index is 704. The van der Waals surface area contributed by atoms with Gasteiger partial charge >= 0.3 is 0 Å². The number of hydrogen-bond donors (Lipinski definition) is 0. The third-order valence-corrected chi connectivity index (χ3v) is 4.11. The SMILES string of the molecule is CC(=O)C1CCc2cccc(OCc3ccccc3)c2C1=O. The first-order valence-corrected chi connectivity index (χ1v) is 7.50. The predicted octanol–water partition coefficient (Wildman–Crippen LogP) is 3.60. The zero-order chi connectivity index (χ0) is 15.5. The molecule has 0 spiro atoms. The number of ether oxygens (including phenoxy) is 1. The van der Waals surface area contributed by atoms with Crippen molar-refractivity contribution >= 4 is 11.6 Å². The molecule has 0 saturated carbocycles. The van der Waals surface area contributed by atoms with Crippen molar-refractivity contribution < 1.29 is 14.3 Å². The maximum atomic E-state index is 12.6. The highest BCUT2D eigenvalue weighted by molar-refractivity contribution is 6.13. The minimum atomic E-state index is -0.519. The molecule has 1 unspecified atom stereocenters. The highest BCUT2D eigenvalue weighted by atomic mass is 16.5. The van der Waals surface area contributed by atoms with Gasteiger partial charge in [0.15, 0.2) is 5.78 Å². The van der Waals surface area contributed by atoms with Gasteiger partial charge in [0.2, 0.25) is 0 Å². The average Bonchev–Trinajstić information content (AvgIpc) is 2.53. The Hall–Kier alpha value is -2.42. The fraction of sp³-hybridized carbons (Fsp3) is 0.263. The quantitative estimate of drug-likeness (QED) is 0.809. The summed E-state index contributed by atoms with van der Waals surface area (Å²) in [6, 6.07) is 15.5. The summed E-state index contributed by atoms with van der Waals surface area (Å²) in [4.78, 5) is 24.2. The van der Waals surface area contributed by atoms with Crippen LogP contribution < -0.4 is 4.74 Å². The minimum absolute atomic E-state index is 0.0616. The molecule has 0 N–H and O–H groups in total. The smallest absolute Gasteiger partial charge is 0.177 e. The molecule has 1 aliphatic rings. The highest BCUT2D eigenvalue weighted by Crippen LogP contribution is 2.33. The summed E-state index contributed by atoms with van der Waals surface area (Å²) in [5, 5.41) is 0. The second-order valence-electron chi connectivity index (χ2n) is 5.63. The van der Waals surface area contributed by atoms with Crippen molar-refractivity contribution in [2.45, 2.75) is 26.4 Å². The first-order valence-electron chi connectivity index (χ1n) is 7.50. The van der Waals surface area contributed by atoms with Crippen LogP contribution in [0.1, 0.15) is 34.8 Å². The molecule has 3 rings (SSSR count). The lowest BCUT2D eigenvalue weighted by Gasteiger charge is -2.23. The minimum Gasteiger partial charge on any atom is -0.488 e. The van der Waals surface area contributed by atoms with E-state index >= 15 is 0 Å². The maximum Gasteiger partial charge on any atom is 0.177 e. The molecule has 0 fully saturated rings. The summed E-state index contributed by atoms with van der Waals surface area (Å²) in [6.45, 7) is 1.90. The van der Waals surface area contributed by atoms with Crippen LogP contribution >= 0.6 is 0 Å². The van der Waals surface area contributed by atoms with E-state index in [9.17, 15) is 9.59 Å². The van der Waals surface area contributed by atoms with Gasteiger partial charge in [0.1, 0.15) is 18.1 Å². The zero-order valence-corrected chi connectivity index (χ0v) is 12.5. The van der Waals surface area contributed by atoms with Crippen molar-refractivity contribution in [3.8, 4) is 5.75 Å². The van der Waals surface area contributed by atoms with Crippen LogP contribution in [0.3, 0.4) is 0 Å². The molecule has 1 aliphatic carbocycles. The molecule has 2 aromatic rings. The summed E-state index contributed by atoms with van der Waals surface area (Å²) >= 11 is 0. The Morgan fingerprint density at radius 3 is 2.64 bits per heavy atom. The lowest BCUT2D eigenvalue weighted by Crippen LogP contribution is -2.28. The summed E-state index contributed by atoms with van der Waals surface area (Å²) in [5.41, 5.74) is 2.62. The van der Waals surface area contributed by atoms with Crippen molar-refractivity contribution in [1.82, 2.24) is 0 Å². The summed E-state index contributed by atoms with van der Waals surface area (Å²) in [6.07, 6.45) is 1.34. The second-order valence-corrected chi connectivity index (χ2v) is 5.63. The molecular formula is C19H18O3. The number of aryl methyl sites for hydroxylation is 1. The Labute approximate surface area is 129 Å². The molecule has 2 aromatic carbocycles. The average molecular weight is 294 g/mol. The van der Waals surface area contributed by atoms with Crippen LogP contribution in [-0.4, -0.2) is 11.6 Å². The van der Waals surface area contributed by atoms with Crippen LogP contribution in [0.4, 0.5) is 0 Å². The van der Waals surface area contributed by atoms with E-state index in [1.807, 2.05) is 48.5 Å². The molecular weight excluding hydrogens is 276 g/mol. The van der Waals surface area contributed by atoms with E-state index < -0.39 is 5.92 Å². The second kappa shape index (κ2) is 6.14. The van der Waals surface area contributed by atoms with E-state index in [2.05, 4.69) is 0 Å². The summed E-state index contributed by atoms with van der Waals surface area (Å²) in [7, 11) is 0. The van der Waals surface area contributed by atoms with Crippen molar-refractivity contribution in [2.75, 3.05) is 0 Å². The van der Waals surface area contributed by atoms with E-state index in [0.717, 1.165) is 17.5 Å². The van der Waals surface area contributed by atoms with Gasteiger partial charge in [-0.2, -0.15) is 0 Å². The molecule has 0 bridgehead atoms. The van der Waals surface area contributed by atoms with E-state index in [1.165, 1.54) is 6.92 Å². The van der Waals surface area contributed by atoms with Gasteiger partial charge in [0.05, 0.1) is 11.5 Å². The lowest BCUT2D eigenvalue weighted by molar-refractivity contribution is -0.119. The van der Waals surface area contributed by atoms with E-state index in [4.69, 9.17) is 4.74 Å². The van der Waals surface area contributed by atoms with Crippen LogP contribution in [0.15, 0.2) is 48.5 Å². The molecule has 0 heterocycles. The standard InChI is InChI=1S/C19H18O3/c1-13(20)16-11-10-15-8-5-9-17(18(15)19(16)21)22-12-14-6-3-2-4-7-14/h2-9,16H,10-12H2,1H3. The van der Waals surface area contributed by atoms with Gasteiger partial charge in [-0.15, -0.1) is 0 Å². The lowest BCUT2D eigenvalue weighted by atomic mass is 9.80. The normalized spacial score (nSPS) is 17.0. The zero-order valence-electron chi connectivity index (χ0n) is 12.5. The number of fused-ring (bicyclic) bond motifs is 1. The number of Topliss-reactive ketones (excluding diaryl/α,β-unsaturated/α-hetero) is 2. The molecule has 3 nitrogen and oxygen atoms in total. The molecule has 0 saturated heterocycles. The Kier molecular flexibility index (Phi) is 4.05. The van der Waals surface area contributed by atoms with Crippen LogP contribution in [0.25, 0.3) is 0 Å². The molecule has 0 aliphatic heterocycles. The van der Waals surface area contributed by atoms with Gasteiger partial charge < -0.3 is 4.74 Å². The molecule has 22 heavy (non-hydrogen) atoms. The Morgan fingerprint density at radius 1 is 1.14 bits per heavy atom. The predicted molar refractivity (Wildman–Crippen MR) is 84.0 cm³/mol. The molecule has 0 aromatic heterocycles. The van der Waals surface area contributed by atoms with Gasteiger partial charge in [-0.1, -0.05) is 42.5 Å². The molecule has 0 radical (unpaired) electrons. The molecule has 112 valence electrons. The molecule has 3 heteroatoms. The van der Waals surface area contributed by atoms with Crippen molar-refractivity contribution in [2.24, 2.45) is 5.92 Å². The third-order valence-electron chi connectivity index (χ3n) is 4.11. The van der Waals surface area contributed by atoms with Crippen LogP contribution in [-0.2, 0) is 17.8 Å². The van der Waals surface area contributed by atoms with Gasteiger partial charge in [-0.25, -0.2) is 0 Å². The first-order chi connectivity index (χ1) is 10.7. The number of hydrogen-bond acceptors (Lipinski definition) is 3. The van der Waals surface area contributed by atoms with Gasteiger partial charge in [-0.3, -0.25) is 9.59 Å². The monoisotopic (exact) mass is 294 g/mol. The van der Waals surface area contributed by atoms with Gasteiger partial charge in [0, 0.05) is 0 Å². The number of rotatable bonds is 4. The first kappa shape index (κ1) is 14.5. The van der Waals surface area contributed by atoms with Crippen molar-refractivity contribution in [3.05, 3.63) is 65.2 Å². The van der Waals surface area contributed by atoms with E-state index in [1.54, 1.807) is 0 Å². The fourth-order valence-electron chi connectivity index (χ4n) is 2.91. The summed E-state index contributed by atoms with van der Waals surface area (Å²) < 4.78 is 5.86. The number of benzene rings is 2. The van der Waals surface area contributed by atoms with Gasteiger partial charge in [-0.05, 0) is 37.0 Å². The molecule has 1 atom stereocenters. The Morgan fingerprint density at radius 2 is 1.91 bits per heavy atom. The van der Waals surface area contributed by atoms with Crippen LogP contribution in [0, 0.1) is 5.92 Å². The largest absolute Gasteiger partial charge is 0.488 e. The topological polar surface area (TPSA) is 43.4 Å². The number of ketones is 2. The summed E-state index contributed by atoms with van der Waals surface area (Å²) in [5.74, 6) is -0.0998. The third kappa shape index (κ3) is 2.80.